The van der Waals surface area contributed by atoms with Crippen molar-refractivity contribution >= 4 is 0 Å². The highest BCUT2D eigenvalue weighted by molar-refractivity contribution is 4.97. The summed E-state index contributed by atoms with van der Waals surface area (Å²) < 4.78 is 5.96. The lowest BCUT2D eigenvalue weighted by Crippen LogP contribution is -2.46. The Labute approximate surface area is 111 Å². The predicted molar refractivity (Wildman–Crippen MR) is 72.6 cm³/mol. The van der Waals surface area contributed by atoms with Gasteiger partial charge in [-0.15, -0.1) is 0 Å². The molecule has 0 aromatic carbocycles. The Hall–Kier alpha value is -0.0800. The quantitative estimate of drug-likeness (QED) is 0.810. The van der Waals surface area contributed by atoms with E-state index in [9.17, 15) is 0 Å². The molecule has 0 amide bonds. The van der Waals surface area contributed by atoms with Gasteiger partial charge in [-0.1, -0.05) is 12.8 Å². The van der Waals surface area contributed by atoms with Crippen LogP contribution in [0.4, 0.5) is 0 Å². The molecular weight excluding hydrogens is 222 g/mol. The van der Waals surface area contributed by atoms with Gasteiger partial charge in [0.05, 0.1) is 12.2 Å². The molecule has 4 rings (SSSR count). The molecule has 1 spiro atoms. The number of nitrogens with one attached hydrogen (secondary N) is 1. The molecule has 0 aromatic rings. The van der Waals surface area contributed by atoms with E-state index in [0.717, 1.165) is 11.5 Å². The molecule has 2 bridgehead atoms. The molecule has 18 heavy (non-hydrogen) atoms. The van der Waals surface area contributed by atoms with Gasteiger partial charge >= 0.3 is 0 Å². The topological polar surface area (TPSA) is 21.3 Å². The molecule has 2 heteroatoms. The van der Waals surface area contributed by atoms with Crippen molar-refractivity contribution < 1.29 is 4.74 Å². The van der Waals surface area contributed by atoms with E-state index >= 15 is 0 Å². The maximum atomic E-state index is 5.96. The molecule has 2 aliphatic carbocycles. The van der Waals surface area contributed by atoms with Crippen LogP contribution in [0.3, 0.4) is 0 Å². The standard InChI is InChI=1S/C16H27NO/c1-2-8-16(7-1)9-5-12(6-10-16)17-14-11-13-3-4-15(14)18-13/h12-15,17H,1-11H2. The first-order valence-electron chi connectivity index (χ1n) is 8.25. The second kappa shape index (κ2) is 4.49. The van der Waals surface area contributed by atoms with Gasteiger partial charge in [0.1, 0.15) is 0 Å². The largest absolute Gasteiger partial charge is 0.373 e. The lowest BCUT2D eigenvalue weighted by atomic mass is 9.71. The second-order valence-corrected chi connectivity index (χ2v) is 7.36. The Morgan fingerprint density at radius 2 is 1.67 bits per heavy atom. The van der Waals surface area contributed by atoms with Crippen LogP contribution in [0.1, 0.15) is 70.6 Å². The normalized spacial score (nSPS) is 43.0. The summed E-state index contributed by atoms with van der Waals surface area (Å²) in [6, 6.07) is 1.48. The van der Waals surface area contributed by atoms with Crippen molar-refractivity contribution in [3.8, 4) is 0 Å². The minimum Gasteiger partial charge on any atom is -0.373 e. The summed E-state index contributed by atoms with van der Waals surface area (Å²) in [5.74, 6) is 0. The van der Waals surface area contributed by atoms with Crippen LogP contribution < -0.4 is 5.32 Å². The van der Waals surface area contributed by atoms with Crippen LogP contribution in [0.25, 0.3) is 0 Å². The SMILES string of the molecule is C1CCC2(C1)CCC(NC1CC3CCC1O3)CC2. The van der Waals surface area contributed by atoms with Crippen LogP contribution in [0, 0.1) is 5.41 Å². The summed E-state index contributed by atoms with van der Waals surface area (Å²) >= 11 is 0. The Morgan fingerprint density at radius 3 is 2.28 bits per heavy atom. The zero-order valence-corrected chi connectivity index (χ0v) is 11.5. The fourth-order valence-electron chi connectivity index (χ4n) is 5.14. The van der Waals surface area contributed by atoms with Gasteiger partial charge in [0.15, 0.2) is 0 Å². The monoisotopic (exact) mass is 249 g/mol. The van der Waals surface area contributed by atoms with Gasteiger partial charge < -0.3 is 10.1 Å². The van der Waals surface area contributed by atoms with Crippen LogP contribution in [-0.2, 0) is 4.74 Å². The van der Waals surface area contributed by atoms with Crippen molar-refractivity contribution in [3.63, 3.8) is 0 Å². The van der Waals surface area contributed by atoms with Gasteiger partial charge in [-0.25, -0.2) is 0 Å². The Kier molecular flexibility index (Phi) is 2.92. The van der Waals surface area contributed by atoms with Crippen LogP contribution >= 0.6 is 0 Å². The summed E-state index contributed by atoms with van der Waals surface area (Å²) in [4.78, 5) is 0. The van der Waals surface area contributed by atoms with Crippen LogP contribution in [0.15, 0.2) is 0 Å². The van der Waals surface area contributed by atoms with E-state index in [0.29, 0.717) is 18.2 Å². The van der Waals surface area contributed by atoms with Crippen molar-refractivity contribution in [2.24, 2.45) is 5.41 Å². The molecule has 3 unspecified atom stereocenters. The van der Waals surface area contributed by atoms with E-state index in [2.05, 4.69) is 5.32 Å². The first-order valence-corrected chi connectivity index (χ1v) is 8.25. The number of ether oxygens (including phenoxy) is 1. The van der Waals surface area contributed by atoms with E-state index in [4.69, 9.17) is 4.74 Å². The molecule has 4 aliphatic rings. The maximum absolute atomic E-state index is 5.96. The van der Waals surface area contributed by atoms with Crippen molar-refractivity contribution in [2.75, 3.05) is 0 Å². The Balaban J connectivity index is 1.30. The summed E-state index contributed by atoms with van der Waals surface area (Å²) in [7, 11) is 0. The van der Waals surface area contributed by atoms with E-state index in [1.165, 1.54) is 70.6 Å². The van der Waals surface area contributed by atoms with Gasteiger partial charge in [0, 0.05) is 12.1 Å². The van der Waals surface area contributed by atoms with Gasteiger partial charge in [-0.05, 0) is 63.2 Å². The highest BCUT2D eigenvalue weighted by Gasteiger charge is 2.43. The molecule has 3 atom stereocenters. The molecular formula is C16H27NO. The molecule has 0 aromatic heterocycles. The molecule has 2 aliphatic heterocycles. The van der Waals surface area contributed by atoms with Crippen molar-refractivity contribution in [3.05, 3.63) is 0 Å². The van der Waals surface area contributed by atoms with Crippen LogP contribution in [0.2, 0.25) is 0 Å². The number of hydrogen-bond donors (Lipinski definition) is 1. The number of rotatable bonds is 2. The zero-order chi connectivity index (χ0) is 12.0. The van der Waals surface area contributed by atoms with Crippen molar-refractivity contribution in [1.82, 2.24) is 5.32 Å². The minimum atomic E-state index is 0.553. The van der Waals surface area contributed by atoms with Crippen molar-refractivity contribution in [2.45, 2.75) is 94.9 Å². The average Bonchev–Trinajstić information content (AvgIpc) is 3.09. The molecule has 0 radical (unpaired) electrons. The smallest absolute Gasteiger partial charge is 0.0733 e. The molecule has 2 saturated carbocycles. The third-order valence-electron chi connectivity index (χ3n) is 6.27. The van der Waals surface area contributed by atoms with E-state index in [1.807, 2.05) is 0 Å². The predicted octanol–water partition coefficient (Wildman–Crippen LogP) is 3.40. The van der Waals surface area contributed by atoms with Gasteiger partial charge in [0.2, 0.25) is 0 Å². The van der Waals surface area contributed by atoms with Gasteiger partial charge in [-0.2, -0.15) is 0 Å². The van der Waals surface area contributed by atoms with Gasteiger partial charge in [-0.3, -0.25) is 0 Å². The van der Waals surface area contributed by atoms with E-state index < -0.39 is 0 Å². The minimum absolute atomic E-state index is 0.553. The lowest BCUT2D eigenvalue weighted by Gasteiger charge is -2.39. The van der Waals surface area contributed by atoms with Gasteiger partial charge in [0.25, 0.3) is 0 Å². The Bertz CT molecular complexity index is 300. The van der Waals surface area contributed by atoms with Crippen LogP contribution in [-0.4, -0.2) is 24.3 Å². The molecule has 4 fully saturated rings. The van der Waals surface area contributed by atoms with E-state index in [1.54, 1.807) is 0 Å². The summed E-state index contributed by atoms with van der Waals surface area (Å²) in [5.41, 5.74) is 0.781. The third kappa shape index (κ3) is 2.02. The molecule has 1 N–H and O–H groups in total. The summed E-state index contributed by atoms with van der Waals surface area (Å²) in [6.45, 7) is 0. The van der Waals surface area contributed by atoms with E-state index in [-0.39, 0.29) is 0 Å². The first-order chi connectivity index (χ1) is 8.83. The highest BCUT2D eigenvalue weighted by atomic mass is 16.5. The molecule has 2 saturated heterocycles. The highest BCUT2D eigenvalue weighted by Crippen LogP contribution is 2.49. The first kappa shape index (κ1) is 11.7. The maximum Gasteiger partial charge on any atom is 0.0733 e. The Morgan fingerprint density at radius 1 is 0.889 bits per heavy atom. The summed E-state index contributed by atoms with van der Waals surface area (Å²) in [6.07, 6.45) is 16.9. The average molecular weight is 249 g/mol. The lowest BCUT2D eigenvalue weighted by molar-refractivity contribution is 0.0920. The molecule has 102 valence electrons. The molecule has 2 heterocycles. The summed E-state index contributed by atoms with van der Waals surface area (Å²) in [5, 5.41) is 3.93. The third-order valence-corrected chi connectivity index (χ3v) is 6.27. The molecule has 2 nitrogen and oxygen atoms in total. The van der Waals surface area contributed by atoms with Crippen molar-refractivity contribution in [1.29, 1.82) is 0 Å². The fourth-order valence-corrected chi connectivity index (χ4v) is 5.14. The van der Waals surface area contributed by atoms with Crippen LogP contribution in [0.5, 0.6) is 0 Å². The number of hydrogen-bond acceptors (Lipinski definition) is 2. The number of fused-ring (bicyclic) bond motifs is 2. The fraction of sp³-hybridized carbons (Fsp3) is 1.00. The second-order valence-electron chi connectivity index (χ2n) is 7.36. The zero-order valence-electron chi connectivity index (χ0n) is 11.5.